The quantitative estimate of drug-likeness (QED) is 0.607. The summed E-state index contributed by atoms with van der Waals surface area (Å²) < 4.78 is 33.3. The molecule has 1 aromatic carbocycles. The molecule has 3 aromatic rings. The molecule has 1 N–H and O–H groups in total. The van der Waals surface area contributed by atoms with Gasteiger partial charge in [0.15, 0.2) is 11.6 Å². The molecule has 2 aromatic heterocycles. The van der Waals surface area contributed by atoms with E-state index >= 15 is 0 Å². The van der Waals surface area contributed by atoms with E-state index in [2.05, 4.69) is 20.5 Å². The summed E-state index contributed by atoms with van der Waals surface area (Å²) in [6, 6.07) is 10.8. The van der Waals surface area contributed by atoms with E-state index in [-0.39, 0.29) is 0 Å². The lowest BCUT2D eigenvalue weighted by atomic mass is 10.1. The Morgan fingerprint density at radius 1 is 0.906 bits per heavy atom. The summed E-state index contributed by atoms with van der Waals surface area (Å²) in [5.41, 5.74) is 2.43. The van der Waals surface area contributed by atoms with E-state index < -0.39 is 10.0 Å². The first kappa shape index (κ1) is 22.0. The van der Waals surface area contributed by atoms with E-state index in [0.29, 0.717) is 42.6 Å². The summed E-state index contributed by atoms with van der Waals surface area (Å²) in [4.78, 5) is 6.36. The molecule has 0 unspecified atom stereocenters. The van der Waals surface area contributed by atoms with Crippen molar-refractivity contribution < 1.29 is 13.2 Å². The second kappa shape index (κ2) is 9.09. The van der Waals surface area contributed by atoms with Gasteiger partial charge in [0.25, 0.3) is 0 Å². The molecule has 3 heterocycles. The molecule has 9 nitrogen and oxygen atoms in total. The Kier molecular flexibility index (Phi) is 6.24. The first-order valence-corrected chi connectivity index (χ1v) is 11.7. The van der Waals surface area contributed by atoms with Crippen molar-refractivity contribution in [3.8, 4) is 5.75 Å². The Labute approximate surface area is 188 Å². The van der Waals surface area contributed by atoms with E-state index in [1.807, 2.05) is 43.0 Å². The number of piperazine rings is 1. The maximum absolute atomic E-state index is 13.2. The highest BCUT2D eigenvalue weighted by molar-refractivity contribution is 7.89. The van der Waals surface area contributed by atoms with Crippen molar-refractivity contribution in [1.82, 2.24) is 19.5 Å². The van der Waals surface area contributed by atoms with E-state index in [4.69, 9.17) is 4.74 Å². The lowest BCUT2D eigenvalue weighted by Crippen LogP contribution is -2.49. The molecule has 0 spiro atoms. The zero-order valence-electron chi connectivity index (χ0n) is 18.3. The number of nitrogens with zero attached hydrogens (tertiary/aromatic N) is 5. The maximum atomic E-state index is 13.2. The van der Waals surface area contributed by atoms with Crippen LogP contribution >= 0.6 is 0 Å². The van der Waals surface area contributed by atoms with E-state index in [1.54, 1.807) is 31.6 Å². The fraction of sp³-hybridized carbons (Fsp3) is 0.318. The summed E-state index contributed by atoms with van der Waals surface area (Å²) in [5.74, 6) is 2.04. The fourth-order valence-electron chi connectivity index (χ4n) is 3.71. The molecule has 0 aliphatic carbocycles. The Hall–Kier alpha value is -3.24. The van der Waals surface area contributed by atoms with Gasteiger partial charge in [0, 0.05) is 44.3 Å². The minimum Gasteiger partial charge on any atom is -0.496 e. The molecule has 1 fully saturated rings. The highest BCUT2D eigenvalue weighted by Gasteiger charge is 2.30. The number of nitrogens with one attached hydrogen (secondary N) is 1. The van der Waals surface area contributed by atoms with Gasteiger partial charge in [-0.1, -0.05) is 0 Å². The third-order valence-electron chi connectivity index (χ3n) is 5.69. The van der Waals surface area contributed by atoms with E-state index in [9.17, 15) is 8.42 Å². The van der Waals surface area contributed by atoms with Crippen LogP contribution in [0.3, 0.4) is 0 Å². The molecule has 10 heteroatoms. The third kappa shape index (κ3) is 4.37. The number of rotatable bonds is 6. The van der Waals surface area contributed by atoms with Crippen LogP contribution < -0.4 is 15.0 Å². The molecule has 0 amide bonds. The van der Waals surface area contributed by atoms with Crippen LogP contribution in [0.1, 0.15) is 11.1 Å². The van der Waals surface area contributed by atoms with Gasteiger partial charge < -0.3 is 15.0 Å². The molecule has 0 bridgehead atoms. The maximum Gasteiger partial charge on any atom is 0.243 e. The number of methoxy groups -OCH3 is 1. The van der Waals surface area contributed by atoms with Crippen LogP contribution in [0.15, 0.2) is 53.7 Å². The zero-order valence-corrected chi connectivity index (χ0v) is 19.1. The molecule has 0 radical (unpaired) electrons. The number of pyridine rings is 1. The number of ether oxygens (including phenoxy) is 1. The minimum absolute atomic E-state index is 0.329. The van der Waals surface area contributed by atoms with Crippen molar-refractivity contribution in [1.29, 1.82) is 0 Å². The predicted octanol–water partition coefficient (Wildman–Crippen LogP) is 2.75. The van der Waals surface area contributed by atoms with Gasteiger partial charge in [0.2, 0.25) is 10.0 Å². The molecular formula is C22H26N6O3S. The van der Waals surface area contributed by atoms with Crippen LogP contribution in [0.2, 0.25) is 0 Å². The minimum atomic E-state index is -3.59. The number of anilines is 3. The molecule has 1 saturated heterocycles. The first-order valence-electron chi connectivity index (χ1n) is 10.3. The Morgan fingerprint density at radius 2 is 1.62 bits per heavy atom. The monoisotopic (exact) mass is 454 g/mol. The van der Waals surface area contributed by atoms with Gasteiger partial charge in [-0.05, 0) is 61.4 Å². The molecule has 168 valence electrons. The zero-order chi connectivity index (χ0) is 22.7. The number of benzene rings is 1. The molecule has 1 aliphatic heterocycles. The number of hydrogen-bond donors (Lipinski definition) is 1. The van der Waals surface area contributed by atoms with Gasteiger partial charge in [-0.25, -0.2) is 8.42 Å². The summed E-state index contributed by atoms with van der Waals surface area (Å²) in [7, 11) is -2.00. The smallest absolute Gasteiger partial charge is 0.243 e. The van der Waals surface area contributed by atoms with Crippen molar-refractivity contribution in [3.05, 3.63) is 59.9 Å². The topological polar surface area (TPSA) is 101 Å². The largest absolute Gasteiger partial charge is 0.496 e. The van der Waals surface area contributed by atoms with Crippen LogP contribution in [0.25, 0.3) is 0 Å². The van der Waals surface area contributed by atoms with E-state index in [0.717, 1.165) is 22.6 Å². The van der Waals surface area contributed by atoms with E-state index in [1.165, 1.54) is 4.31 Å². The SMILES string of the molecule is COc1ccc(S(=O)(=O)N2CCN(c3ccc(Nc4ccncc4)nn3)CC2)c(C)c1C. The Morgan fingerprint density at radius 3 is 2.25 bits per heavy atom. The van der Waals surface area contributed by atoms with Crippen molar-refractivity contribution in [3.63, 3.8) is 0 Å². The highest BCUT2D eigenvalue weighted by atomic mass is 32.2. The van der Waals surface area contributed by atoms with Crippen LogP contribution in [-0.2, 0) is 10.0 Å². The number of aromatic nitrogens is 3. The van der Waals surface area contributed by atoms with Crippen molar-refractivity contribution in [2.75, 3.05) is 43.5 Å². The molecular weight excluding hydrogens is 428 g/mol. The molecule has 0 saturated carbocycles. The lowest BCUT2D eigenvalue weighted by molar-refractivity contribution is 0.382. The predicted molar refractivity (Wildman–Crippen MR) is 123 cm³/mol. The molecule has 1 aliphatic rings. The second-order valence-corrected chi connectivity index (χ2v) is 9.45. The van der Waals surface area contributed by atoms with Gasteiger partial charge in [0.05, 0.1) is 12.0 Å². The van der Waals surface area contributed by atoms with Crippen molar-refractivity contribution in [2.24, 2.45) is 0 Å². The van der Waals surface area contributed by atoms with Crippen molar-refractivity contribution in [2.45, 2.75) is 18.7 Å². The van der Waals surface area contributed by atoms with Crippen LogP contribution in [-0.4, -0.2) is 61.2 Å². The summed E-state index contributed by atoms with van der Waals surface area (Å²) in [5, 5.41) is 11.7. The average Bonchev–Trinajstić information content (AvgIpc) is 2.82. The average molecular weight is 455 g/mol. The Balaban J connectivity index is 1.42. The van der Waals surface area contributed by atoms with Gasteiger partial charge >= 0.3 is 0 Å². The van der Waals surface area contributed by atoms with Crippen molar-refractivity contribution >= 4 is 27.3 Å². The standard InChI is InChI=1S/C22H26N6O3S/c1-16-17(2)20(5-4-19(16)31-3)32(29,30)28-14-12-27(13-15-28)22-7-6-21(25-26-22)24-18-8-10-23-11-9-18/h4-11H,12-15H2,1-3H3,(H,23,24,25). The molecule has 0 atom stereocenters. The van der Waals surface area contributed by atoms with Crippen LogP contribution in [0.5, 0.6) is 5.75 Å². The molecule has 32 heavy (non-hydrogen) atoms. The third-order valence-corrected chi connectivity index (χ3v) is 7.73. The normalized spacial score (nSPS) is 14.9. The lowest BCUT2D eigenvalue weighted by Gasteiger charge is -2.34. The first-order chi connectivity index (χ1) is 15.4. The number of sulfonamides is 1. The Bertz CT molecular complexity index is 1180. The van der Waals surface area contributed by atoms with Gasteiger partial charge in [0.1, 0.15) is 5.75 Å². The van der Waals surface area contributed by atoms with Gasteiger partial charge in [-0.3, -0.25) is 4.98 Å². The molecule has 4 rings (SSSR count). The summed E-state index contributed by atoms with van der Waals surface area (Å²) in [6.45, 7) is 5.53. The fourth-order valence-corrected chi connectivity index (χ4v) is 5.41. The van der Waals surface area contributed by atoms with Gasteiger partial charge in [-0.15, -0.1) is 10.2 Å². The van der Waals surface area contributed by atoms with Gasteiger partial charge in [-0.2, -0.15) is 4.31 Å². The summed E-state index contributed by atoms with van der Waals surface area (Å²) >= 11 is 0. The second-order valence-electron chi connectivity index (χ2n) is 7.54. The summed E-state index contributed by atoms with van der Waals surface area (Å²) in [6.07, 6.45) is 3.40. The van der Waals surface area contributed by atoms with Crippen LogP contribution in [0, 0.1) is 13.8 Å². The van der Waals surface area contributed by atoms with Crippen LogP contribution in [0.4, 0.5) is 17.3 Å². The number of hydrogen-bond acceptors (Lipinski definition) is 8. The highest BCUT2D eigenvalue weighted by Crippen LogP contribution is 2.29.